The van der Waals surface area contributed by atoms with Crippen molar-refractivity contribution in [1.82, 2.24) is 0 Å². The average molecular weight is 381 g/mol. The van der Waals surface area contributed by atoms with E-state index in [1.807, 2.05) is 6.07 Å². The monoisotopic (exact) mass is 381 g/mol. The van der Waals surface area contributed by atoms with Gasteiger partial charge >= 0.3 is 130 Å². The van der Waals surface area contributed by atoms with Gasteiger partial charge in [-0.1, -0.05) is 0 Å². The third kappa shape index (κ3) is 3.96. The van der Waals surface area contributed by atoms with Crippen LogP contribution in [0.3, 0.4) is 0 Å². The predicted molar refractivity (Wildman–Crippen MR) is 74.5 cm³/mol. The van der Waals surface area contributed by atoms with Crippen molar-refractivity contribution in [2.45, 2.75) is 25.6 Å². The van der Waals surface area contributed by atoms with Crippen LogP contribution in [0.2, 0.25) is 0 Å². The van der Waals surface area contributed by atoms with Crippen LogP contribution in [0.25, 0.3) is 0 Å². The maximum atomic E-state index is 5.93. The Balaban J connectivity index is 1.66. The van der Waals surface area contributed by atoms with Gasteiger partial charge in [-0.15, -0.1) is 0 Å². The van der Waals surface area contributed by atoms with E-state index in [-0.39, 0.29) is 27.5 Å². The van der Waals surface area contributed by atoms with Crippen LogP contribution in [0.4, 0.5) is 0 Å². The van der Waals surface area contributed by atoms with E-state index in [0.29, 0.717) is 0 Å². The van der Waals surface area contributed by atoms with Crippen LogP contribution >= 0.6 is 0 Å². The van der Waals surface area contributed by atoms with E-state index in [2.05, 4.69) is 48.5 Å². The second kappa shape index (κ2) is 7.09. The molecule has 2 aromatic carbocycles. The second-order valence-corrected chi connectivity index (χ2v) is 7.79. The topological polar surface area (TPSA) is 18.5 Å². The third-order valence-corrected chi connectivity index (χ3v) is 5.79. The van der Waals surface area contributed by atoms with Gasteiger partial charge in [-0.2, -0.15) is 0 Å². The molecule has 0 bridgehead atoms. The summed E-state index contributed by atoms with van der Waals surface area (Å²) in [5.74, 6) is 0.935. The third-order valence-electron chi connectivity index (χ3n) is 3.15. The Morgan fingerprint density at radius 1 is 0.950 bits per heavy atom. The standard InChI is InChI=1S/C17H18IO2/c1-2-7-14(8-3-1)18-15-9-6-10-16(13-15)20-17-11-4-5-12-19-17/h1-3,6-10,13,17H,4-5,11-12H2/q-1. The van der Waals surface area contributed by atoms with E-state index in [1.54, 1.807) is 0 Å². The van der Waals surface area contributed by atoms with Gasteiger partial charge < -0.3 is 0 Å². The number of rotatable bonds is 4. The van der Waals surface area contributed by atoms with Crippen molar-refractivity contribution in [3.63, 3.8) is 0 Å². The molecule has 0 aromatic heterocycles. The molecule has 20 heavy (non-hydrogen) atoms. The molecule has 1 aliphatic rings. The molecule has 1 unspecified atom stereocenters. The Kier molecular flexibility index (Phi) is 4.92. The molecule has 0 radical (unpaired) electrons. The molecule has 106 valence electrons. The zero-order chi connectivity index (χ0) is 13.6. The van der Waals surface area contributed by atoms with Gasteiger partial charge in [0.05, 0.1) is 0 Å². The van der Waals surface area contributed by atoms with Gasteiger partial charge in [0.25, 0.3) is 0 Å². The van der Waals surface area contributed by atoms with Crippen molar-refractivity contribution in [3.8, 4) is 5.75 Å². The molecule has 1 atom stereocenters. The molecule has 1 saturated heterocycles. The van der Waals surface area contributed by atoms with Gasteiger partial charge in [-0.05, 0) is 0 Å². The summed E-state index contributed by atoms with van der Waals surface area (Å²) in [6.07, 6.45) is 3.28. The Bertz CT molecular complexity index is 536. The molecule has 3 rings (SSSR count). The van der Waals surface area contributed by atoms with E-state index < -0.39 is 0 Å². The van der Waals surface area contributed by atoms with Crippen molar-refractivity contribution in [1.29, 1.82) is 0 Å². The van der Waals surface area contributed by atoms with Crippen LogP contribution in [0.1, 0.15) is 19.3 Å². The molecule has 1 fully saturated rings. The number of ether oxygens (including phenoxy) is 2. The van der Waals surface area contributed by atoms with E-state index >= 15 is 0 Å². The van der Waals surface area contributed by atoms with Gasteiger partial charge in [0, 0.05) is 0 Å². The fourth-order valence-electron chi connectivity index (χ4n) is 2.16. The van der Waals surface area contributed by atoms with Crippen molar-refractivity contribution in [2.75, 3.05) is 6.61 Å². The molecule has 2 aromatic rings. The molecule has 0 N–H and O–H groups in total. The predicted octanol–water partition coefficient (Wildman–Crippen LogP) is 0.720. The summed E-state index contributed by atoms with van der Waals surface area (Å²) >= 11 is -0.134. The SMILES string of the molecule is c1ccc([I-]c2cccc(OC3CCCCO3)c2)cc1. The summed E-state index contributed by atoms with van der Waals surface area (Å²) in [7, 11) is 0. The summed E-state index contributed by atoms with van der Waals surface area (Å²) in [5, 5.41) is 0. The molecule has 0 amide bonds. The van der Waals surface area contributed by atoms with Crippen LogP contribution in [0.5, 0.6) is 5.75 Å². The van der Waals surface area contributed by atoms with Crippen molar-refractivity contribution < 1.29 is 30.7 Å². The van der Waals surface area contributed by atoms with E-state index in [0.717, 1.165) is 25.2 Å². The Morgan fingerprint density at radius 3 is 2.60 bits per heavy atom. The summed E-state index contributed by atoms with van der Waals surface area (Å²) in [4.78, 5) is 0. The molecular formula is C17H18IO2-. The number of hydrogen-bond acceptors (Lipinski definition) is 2. The van der Waals surface area contributed by atoms with Crippen LogP contribution in [-0.4, -0.2) is 12.9 Å². The summed E-state index contributed by atoms with van der Waals surface area (Å²) in [5.41, 5.74) is 0. The van der Waals surface area contributed by atoms with Gasteiger partial charge in [0.2, 0.25) is 0 Å². The average Bonchev–Trinajstić information content (AvgIpc) is 2.50. The molecule has 1 aliphatic heterocycles. The number of halogens is 1. The van der Waals surface area contributed by atoms with E-state index in [1.165, 1.54) is 13.6 Å². The summed E-state index contributed by atoms with van der Waals surface area (Å²) in [6, 6.07) is 19.1. The van der Waals surface area contributed by atoms with E-state index in [9.17, 15) is 0 Å². The van der Waals surface area contributed by atoms with Crippen LogP contribution in [-0.2, 0) is 4.74 Å². The van der Waals surface area contributed by atoms with Crippen LogP contribution in [0, 0.1) is 7.14 Å². The minimum atomic E-state index is -0.134. The first kappa shape index (κ1) is 13.9. The molecule has 0 saturated carbocycles. The van der Waals surface area contributed by atoms with E-state index in [4.69, 9.17) is 9.47 Å². The molecule has 1 heterocycles. The Hall–Kier alpha value is -1.07. The zero-order valence-electron chi connectivity index (χ0n) is 11.3. The fourth-order valence-corrected chi connectivity index (χ4v) is 4.50. The summed E-state index contributed by atoms with van der Waals surface area (Å²) < 4.78 is 14.4. The molecule has 2 nitrogen and oxygen atoms in total. The molecule has 0 spiro atoms. The molecule has 3 heteroatoms. The quantitative estimate of drug-likeness (QED) is 0.727. The van der Waals surface area contributed by atoms with Gasteiger partial charge in [0.15, 0.2) is 0 Å². The molecular weight excluding hydrogens is 363 g/mol. The number of benzene rings is 2. The first-order chi connectivity index (χ1) is 9.90. The molecule has 0 aliphatic carbocycles. The first-order valence-corrected chi connectivity index (χ1v) is 9.14. The van der Waals surface area contributed by atoms with Crippen molar-refractivity contribution in [2.24, 2.45) is 0 Å². The van der Waals surface area contributed by atoms with Gasteiger partial charge in [0.1, 0.15) is 0 Å². The second-order valence-electron chi connectivity index (χ2n) is 4.76. The van der Waals surface area contributed by atoms with Crippen LogP contribution < -0.4 is 25.9 Å². The van der Waals surface area contributed by atoms with Crippen molar-refractivity contribution >= 4 is 0 Å². The normalized spacial score (nSPS) is 18.9. The minimum absolute atomic E-state index is 0.0612. The first-order valence-electron chi connectivity index (χ1n) is 6.98. The van der Waals surface area contributed by atoms with Crippen LogP contribution in [0.15, 0.2) is 54.6 Å². The van der Waals surface area contributed by atoms with Gasteiger partial charge in [-0.25, -0.2) is 0 Å². The zero-order valence-corrected chi connectivity index (χ0v) is 13.5. The van der Waals surface area contributed by atoms with Gasteiger partial charge in [-0.3, -0.25) is 0 Å². The fraction of sp³-hybridized carbons (Fsp3) is 0.294. The number of hydrogen-bond donors (Lipinski definition) is 0. The van der Waals surface area contributed by atoms with Crippen molar-refractivity contribution in [3.05, 3.63) is 61.7 Å². The Labute approximate surface area is 130 Å². The summed E-state index contributed by atoms with van der Waals surface area (Å²) in [6.45, 7) is 0.821. The Morgan fingerprint density at radius 2 is 1.80 bits per heavy atom. The maximum absolute atomic E-state index is 5.93.